The molecule has 1 aromatic rings. The average Bonchev–Trinajstić information content (AvgIpc) is 2.27. The van der Waals surface area contributed by atoms with Crippen LogP contribution in [0.5, 0.6) is 0 Å². The van der Waals surface area contributed by atoms with Crippen molar-refractivity contribution in [3.63, 3.8) is 0 Å². The van der Waals surface area contributed by atoms with Crippen molar-refractivity contribution in [2.24, 2.45) is 12.8 Å². The molecule has 1 rings (SSSR count). The number of halogens is 1. The first-order valence-electron chi connectivity index (χ1n) is 5.19. The van der Waals surface area contributed by atoms with E-state index in [1.54, 1.807) is 27.8 Å². The number of nitrogens with two attached hydrogens (primary N) is 1. The molecular weight excluding hydrogens is 262 g/mol. The second kappa shape index (κ2) is 4.59. The third-order valence-corrected chi connectivity index (χ3v) is 4.60. The summed E-state index contributed by atoms with van der Waals surface area (Å²) in [6.45, 7) is 5.10. The molecule has 0 fully saturated rings. The molecule has 0 bridgehead atoms. The van der Waals surface area contributed by atoms with Gasteiger partial charge in [-0.1, -0.05) is 11.6 Å². The molecule has 0 unspecified atom stereocenters. The number of hydrogen-bond donors (Lipinski definition) is 1. The minimum Gasteiger partial charge on any atom is -0.325 e. The summed E-state index contributed by atoms with van der Waals surface area (Å²) in [6.07, 6.45) is 0. The van der Waals surface area contributed by atoms with Crippen molar-refractivity contribution in [1.29, 1.82) is 0 Å². The van der Waals surface area contributed by atoms with E-state index in [4.69, 9.17) is 17.3 Å². The van der Waals surface area contributed by atoms with Crippen molar-refractivity contribution in [1.82, 2.24) is 9.78 Å². The first kappa shape index (κ1) is 14.5. The molecule has 0 aliphatic heterocycles. The van der Waals surface area contributed by atoms with Crippen LogP contribution in [-0.2, 0) is 22.6 Å². The zero-order valence-electron chi connectivity index (χ0n) is 10.5. The maximum Gasteiger partial charge on any atom is 0.157 e. The van der Waals surface area contributed by atoms with Crippen LogP contribution in [0, 0.1) is 6.92 Å². The lowest BCUT2D eigenvalue weighted by Gasteiger charge is -2.18. The predicted octanol–water partition coefficient (Wildman–Crippen LogP) is 1.03. The number of aromatic nitrogens is 2. The summed E-state index contributed by atoms with van der Waals surface area (Å²) >= 11 is 6.01. The van der Waals surface area contributed by atoms with E-state index in [1.807, 2.05) is 0 Å². The predicted molar refractivity (Wildman–Crippen MR) is 68.7 cm³/mol. The Bertz CT molecular complexity index is 514. The standard InChI is InChI=1S/C10H18ClN3O2S/c1-7-9(11)8(14(4)13-7)5-17(15,16)6-10(2,3)12/h5-6,12H2,1-4H3. The third-order valence-electron chi connectivity index (χ3n) is 2.21. The van der Waals surface area contributed by atoms with Crippen molar-refractivity contribution in [2.45, 2.75) is 32.1 Å². The van der Waals surface area contributed by atoms with Gasteiger partial charge >= 0.3 is 0 Å². The van der Waals surface area contributed by atoms with E-state index in [0.717, 1.165) is 0 Å². The minimum absolute atomic E-state index is 0.0828. The van der Waals surface area contributed by atoms with Crippen molar-refractivity contribution < 1.29 is 8.42 Å². The van der Waals surface area contributed by atoms with Crippen LogP contribution >= 0.6 is 11.6 Å². The van der Waals surface area contributed by atoms with Crippen molar-refractivity contribution in [3.8, 4) is 0 Å². The molecule has 0 spiro atoms. The monoisotopic (exact) mass is 279 g/mol. The van der Waals surface area contributed by atoms with Crippen LogP contribution in [-0.4, -0.2) is 29.5 Å². The molecule has 5 nitrogen and oxygen atoms in total. The second-order valence-corrected chi connectivity index (χ2v) is 7.43. The second-order valence-electron chi connectivity index (χ2n) is 4.99. The summed E-state index contributed by atoms with van der Waals surface area (Å²) < 4.78 is 25.4. The molecule has 0 atom stereocenters. The minimum atomic E-state index is -3.29. The van der Waals surface area contributed by atoms with Crippen LogP contribution in [0.25, 0.3) is 0 Å². The van der Waals surface area contributed by atoms with Gasteiger partial charge in [-0.05, 0) is 20.8 Å². The molecule has 98 valence electrons. The molecule has 0 radical (unpaired) electrons. The Morgan fingerprint density at radius 2 is 2.00 bits per heavy atom. The summed E-state index contributed by atoms with van der Waals surface area (Å²) in [5.41, 5.74) is 6.11. The van der Waals surface area contributed by atoms with Gasteiger partial charge in [-0.2, -0.15) is 5.10 Å². The summed E-state index contributed by atoms with van der Waals surface area (Å²) in [7, 11) is -1.62. The molecule has 0 aromatic carbocycles. The molecular formula is C10H18ClN3O2S. The lowest BCUT2D eigenvalue weighted by Crippen LogP contribution is -2.40. The van der Waals surface area contributed by atoms with E-state index in [1.165, 1.54) is 4.68 Å². The van der Waals surface area contributed by atoms with Crippen molar-refractivity contribution in [2.75, 3.05) is 5.75 Å². The zero-order chi connectivity index (χ0) is 13.4. The highest BCUT2D eigenvalue weighted by molar-refractivity contribution is 7.90. The van der Waals surface area contributed by atoms with E-state index < -0.39 is 15.4 Å². The zero-order valence-corrected chi connectivity index (χ0v) is 12.1. The van der Waals surface area contributed by atoms with E-state index in [9.17, 15) is 8.42 Å². The fourth-order valence-corrected chi connectivity index (χ4v) is 3.95. The number of sulfone groups is 1. The van der Waals surface area contributed by atoms with Crippen LogP contribution in [0.15, 0.2) is 0 Å². The van der Waals surface area contributed by atoms with Crippen LogP contribution in [0.3, 0.4) is 0 Å². The number of hydrogen-bond acceptors (Lipinski definition) is 4. The van der Waals surface area contributed by atoms with Gasteiger partial charge in [-0.25, -0.2) is 8.42 Å². The maximum atomic E-state index is 11.9. The van der Waals surface area contributed by atoms with E-state index in [-0.39, 0.29) is 11.5 Å². The van der Waals surface area contributed by atoms with Crippen LogP contribution < -0.4 is 5.73 Å². The largest absolute Gasteiger partial charge is 0.325 e. The SMILES string of the molecule is Cc1nn(C)c(CS(=O)(=O)CC(C)(C)N)c1Cl. The van der Waals surface area contributed by atoms with Gasteiger partial charge in [-0.3, -0.25) is 4.68 Å². The van der Waals surface area contributed by atoms with Crippen LogP contribution in [0.2, 0.25) is 5.02 Å². The lowest BCUT2D eigenvalue weighted by atomic mass is 10.1. The van der Waals surface area contributed by atoms with Gasteiger partial charge in [0.25, 0.3) is 0 Å². The van der Waals surface area contributed by atoms with Crippen LogP contribution in [0.1, 0.15) is 25.2 Å². The van der Waals surface area contributed by atoms with E-state index in [2.05, 4.69) is 5.10 Å². The Hall–Kier alpha value is -0.590. The summed E-state index contributed by atoms with van der Waals surface area (Å²) in [5, 5.41) is 4.49. The van der Waals surface area contributed by atoms with Crippen LogP contribution in [0.4, 0.5) is 0 Å². The van der Waals surface area contributed by atoms with Gasteiger partial charge in [0.05, 0.1) is 27.9 Å². The molecule has 2 N–H and O–H groups in total. The van der Waals surface area contributed by atoms with Gasteiger partial charge in [0.15, 0.2) is 9.84 Å². The number of aryl methyl sites for hydroxylation is 2. The van der Waals surface area contributed by atoms with E-state index >= 15 is 0 Å². The number of rotatable bonds is 4. The summed E-state index contributed by atoms with van der Waals surface area (Å²) in [6, 6.07) is 0. The van der Waals surface area contributed by atoms with Crippen molar-refractivity contribution in [3.05, 3.63) is 16.4 Å². The molecule has 17 heavy (non-hydrogen) atoms. The Morgan fingerprint density at radius 3 is 2.35 bits per heavy atom. The molecule has 0 amide bonds. The summed E-state index contributed by atoms with van der Waals surface area (Å²) in [5.74, 6) is -0.218. The highest BCUT2D eigenvalue weighted by Crippen LogP contribution is 2.22. The average molecular weight is 280 g/mol. The lowest BCUT2D eigenvalue weighted by molar-refractivity contribution is 0.542. The Labute approximate surface area is 107 Å². The Kier molecular flexibility index (Phi) is 3.91. The first-order chi connectivity index (χ1) is 7.52. The van der Waals surface area contributed by atoms with E-state index in [0.29, 0.717) is 16.4 Å². The molecule has 0 aliphatic carbocycles. The Balaban J connectivity index is 2.99. The quantitative estimate of drug-likeness (QED) is 0.893. The fourth-order valence-electron chi connectivity index (χ4n) is 1.66. The molecule has 1 aromatic heterocycles. The number of nitrogens with zero attached hydrogens (tertiary/aromatic N) is 2. The highest BCUT2D eigenvalue weighted by atomic mass is 35.5. The molecule has 0 aliphatic rings. The van der Waals surface area contributed by atoms with Gasteiger partial charge in [0.1, 0.15) is 0 Å². The first-order valence-corrected chi connectivity index (χ1v) is 7.39. The van der Waals surface area contributed by atoms with Crippen molar-refractivity contribution >= 4 is 21.4 Å². The van der Waals surface area contributed by atoms with Gasteiger partial charge < -0.3 is 5.73 Å². The van der Waals surface area contributed by atoms with Gasteiger partial charge in [0.2, 0.25) is 0 Å². The molecule has 0 saturated carbocycles. The smallest absolute Gasteiger partial charge is 0.157 e. The third kappa shape index (κ3) is 3.97. The topological polar surface area (TPSA) is 78.0 Å². The van der Waals surface area contributed by atoms with Gasteiger partial charge in [0, 0.05) is 12.6 Å². The normalized spacial score (nSPS) is 13.1. The molecule has 1 heterocycles. The summed E-state index contributed by atoms with van der Waals surface area (Å²) in [4.78, 5) is 0. The highest BCUT2D eigenvalue weighted by Gasteiger charge is 2.25. The molecule has 7 heteroatoms. The van der Waals surface area contributed by atoms with Gasteiger partial charge in [-0.15, -0.1) is 0 Å². The molecule has 0 saturated heterocycles. The Morgan fingerprint density at radius 1 is 1.47 bits per heavy atom. The maximum absolute atomic E-state index is 11.9. The fraction of sp³-hybridized carbons (Fsp3) is 0.700.